The molecule has 3 atom stereocenters. The van der Waals surface area contributed by atoms with Crippen LogP contribution in [0.4, 0.5) is 11.4 Å². The van der Waals surface area contributed by atoms with Crippen LogP contribution in [-0.4, -0.2) is 21.0 Å². The predicted octanol–water partition coefficient (Wildman–Crippen LogP) is 7.77. The van der Waals surface area contributed by atoms with Gasteiger partial charge in [-0.3, -0.25) is 9.69 Å². The van der Waals surface area contributed by atoms with Crippen molar-refractivity contribution in [1.82, 2.24) is 4.31 Å². The van der Waals surface area contributed by atoms with Crippen LogP contribution in [0.3, 0.4) is 0 Å². The molecule has 0 spiro atoms. The van der Waals surface area contributed by atoms with E-state index in [2.05, 4.69) is 30.8 Å². The normalized spacial score (nSPS) is 18.1. The van der Waals surface area contributed by atoms with E-state index >= 15 is 0 Å². The van der Waals surface area contributed by atoms with E-state index < -0.39 is 22.9 Å². The van der Waals surface area contributed by atoms with Gasteiger partial charge in [0.15, 0.2) is 0 Å². The minimum Gasteiger partial charge on any atom is -0.280 e. The molecule has 0 radical (unpaired) electrons. The van der Waals surface area contributed by atoms with Gasteiger partial charge < -0.3 is 0 Å². The van der Waals surface area contributed by atoms with Crippen LogP contribution >= 0.6 is 0 Å². The molecule has 0 bridgehead atoms. The van der Waals surface area contributed by atoms with Crippen molar-refractivity contribution in [3.63, 3.8) is 0 Å². The fourth-order valence-corrected chi connectivity index (χ4v) is 6.95. The molecule has 1 fully saturated rings. The molecule has 4 nitrogen and oxygen atoms in total. The molecule has 6 rings (SSSR count). The van der Waals surface area contributed by atoms with Crippen LogP contribution < -0.4 is 4.90 Å². The molecular weight excluding hydrogens is 512 g/mol. The highest BCUT2D eigenvalue weighted by Crippen LogP contribution is 2.46. The van der Waals surface area contributed by atoms with Gasteiger partial charge in [0, 0.05) is 17.9 Å². The number of rotatable bonds is 6. The molecule has 0 aliphatic carbocycles. The number of fused-ring (bicyclic) bond motifs is 1. The lowest BCUT2D eigenvalue weighted by Gasteiger charge is -2.32. The number of carbonyl (C=O) groups excluding carboxylic acids is 1. The minimum atomic E-state index is -1.50. The van der Waals surface area contributed by atoms with Crippen LogP contribution in [0.25, 0.3) is 10.8 Å². The molecule has 1 unspecified atom stereocenters. The first kappa shape index (κ1) is 25.9. The monoisotopic (exact) mass is 542 g/mol. The third-order valence-corrected chi connectivity index (χ3v) is 8.98. The second kappa shape index (κ2) is 11.0. The van der Waals surface area contributed by atoms with Gasteiger partial charge in [-0.2, -0.15) is 0 Å². The summed E-state index contributed by atoms with van der Waals surface area (Å²) in [5.74, 6) is -0.704. The van der Waals surface area contributed by atoms with E-state index in [-0.39, 0.29) is 5.91 Å². The minimum absolute atomic E-state index is 0.0938. The van der Waals surface area contributed by atoms with Crippen molar-refractivity contribution in [2.75, 3.05) is 11.4 Å². The number of hydrogen-bond donors (Lipinski definition) is 0. The van der Waals surface area contributed by atoms with Gasteiger partial charge in [0.05, 0.1) is 16.9 Å². The summed E-state index contributed by atoms with van der Waals surface area (Å²) < 4.78 is 16.1. The van der Waals surface area contributed by atoms with E-state index in [4.69, 9.17) is 0 Å². The highest BCUT2D eigenvalue weighted by Gasteiger charge is 2.47. The average molecular weight is 543 g/mol. The lowest BCUT2D eigenvalue weighted by atomic mass is 9.87. The van der Waals surface area contributed by atoms with E-state index in [0.717, 1.165) is 38.8 Å². The van der Waals surface area contributed by atoms with Crippen LogP contribution in [0.1, 0.15) is 17.2 Å². The Kier molecular flexibility index (Phi) is 7.16. The van der Waals surface area contributed by atoms with Crippen molar-refractivity contribution in [2.24, 2.45) is 5.92 Å². The zero-order valence-corrected chi connectivity index (χ0v) is 23.1. The summed E-state index contributed by atoms with van der Waals surface area (Å²) >= 11 is 0. The lowest BCUT2D eigenvalue weighted by Crippen LogP contribution is -2.37. The molecule has 5 aromatic rings. The molecule has 0 aromatic heterocycles. The van der Waals surface area contributed by atoms with Gasteiger partial charge in [-0.25, -0.2) is 8.51 Å². The lowest BCUT2D eigenvalue weighted by molar-refractivity contribution is -0.121. The van der Waals surface area contributed by atoms with Crippen LogP contribution in [0.5, 0.6) is 0 Å². The second-order valence-electron chi connectivity index (χ2n) is 10.1. The van der Waals surface area contributed by atoms with Crippen molar-refractivity contribution in [2.45, 2.75) is 17.9 Å². The van der Waals surface area contributed by atoms with Gasteiger partial charge in [-0.1, -0.05) is 103 Å². The number of benzene rings is 5. The maximum atomic E-state index is 14.8. The number of para-hydroxylation sites is 2. The zero-order chi connectivity index (χ0) is 27.6. The fraction of sp³-hybridized carbons (Fsp3) is 0.114. The Morgan fingerprint density at radius 1 is 0.775 bits per heavy atom. The molecule has 0 saturated carbocycles. The largest absolute Gasteiger partial charge is 0.280 e. The van der Waals surface area contributed by atoms with E-state index in [1.165, 1.54) is 0 Å². The molecular formula is C35H30N2O2S. The molecule has 1 aliphatic rings. The van der Waals surface area contributed by atoms with Gasteiger partial charge in [-0.15, -0.1) is 0 Å². The second-order valence-corrected chi connectivity index (χ2v) is 11.6. The van der Waals surface area contributed by atoms with Gasteiger partial charge in [-0.05, 0) is 65.2 Å². The van der Waals surface area contributed by atoms with Crippen molar-refractivity contribution >= 4 is 39.0 Å². The van der Waals surface area contributed by atoms with Crippen LogP contribution in [0.15, 0.2) is 144 Å². The Labute approximate surface area is 237 Å². The molecule has 5 heteroatoms. The Morgan fingerprint density at radius 2 is 1.35 bits per heavy atom. The summed E-state index contributed by atoms with van der Waals surface area (Å²) in [5.41, 5.74) is 4.38. The van der Waals surface area contributed by atoms with Crippen LogP contribution in [0.2, 0.25) is 0 Å². The standard InChI is InChI=1S/C35H30N2O2S/c1-25-20-22-30(23-21-25)40(39)36-24-26(2)33(34(36)32-19-11-13-27-12-9-10-18-31(27)32)35(38)37(28-14-5-3-6-15-28)29-16-7-4-8-17-29/h3-23,33-34H,2,24H2,1H3/t33-,34+,40?/m1/s1. The van der Waals surface area contributed by atoms with E-state index in [9.17, 15) is 9.00 Å². The van der Waals surface area contributed by atoms with Gasteiger partial charge in [0.1, 0.15) is 11.0 Å². The molecule has 1 amide bonds. The first-order valence-electron chi connectivity index (χ1n) is 13.4. The first-order chi connectivity index (χ1) is 19.5. The summed E-state index contributed by atoms with van der Waals surface area (Å²) in [5, 5.41) is 2.12. The van der Waals surface area contributed by atoms with E-state index in [0.29, 0.717) is 11.4 Å². The number of nitrogens with zero attached hydrogens (tertiary/aromatic N) is 2. The first-order valence-corrected chi connectivity index (χ1v) is 14.5. The van der Waals surface area contributed by atoms with Crippen LogP contribution in [0, 0.1) is 12.8 Å². The maximum absolute atomic E-state index is 14.8. The number of anilines is 2. The predicted molar refractivity (Wildman–Crippen MR) is 164 cm³/mol. The fourth-order valence-electron chi connectivity index (χ4n) is 5.59. The Hall–Kier alpha value is -4.32. The quantitative estimate of drug-likeness (QED) is 0.206. The number of aryl methyl sites for hydroxylation is 1. The van der Waals surface area contributed by atoms with E-state index in [1.54, 1.807) is 4.90 Å². The highest BCUT2D eigenvalue weighted by molar-refractivity contribution is 7.82. The van der Waals surface area contributed by atoms with Crippen molar-refractivity contribution in [3.05, 3.63) is 151 Å². The molecule has 1 saturated heterocycles. The summed E-state index contributed by atoms with van der Waals surface area (Å²) in [6, 6.07) is 41.0. The Morgan fingerprint density at radius 3 is 2.00 bits per heavy atom. The molecule has 1 heterocycles. The van der Waals surface area contributed by atoms with Crippen molar-refractivity contribution in [1.29, 1.82) is 0 Å². The van der Waals surface area contributed by atoms with Gasteiger partial charge >= 0.3 is 0 Å². The summed E-state index contributed by atoms with van der Waals surface area (Å²) in [6.07, 6.45) is 0. The summed E-state index contributed by atoms with van der Waals surface area (Å²) in [7, 11) is -1.50. The number of amides is 1. The molecule has 1 aliphatic heterocycles. The maximum Gasteiger partial charge on any atom is 0.240 e. The van der Waals surface area contributed by atoms with Gasteiger partial charge in [0.2, 0.25) is 5.91 Å². The summed E-state index contributed by atoms with van der Waals surface area (Å²) in [4.78, 5) is 17.2. The van der Waals surface area contributed by atoms with Gasteiger partial charge in [0.25, 0.3) is 0 Å². The Bertz CT molecular complexity index is 1660. The molecule has 0 N–H and O–H groups in total. The number of carbonyl (C=O) groups is 1. The average Bonchev–Trinajstić information content (AvgIpc) is 3.34. The smallest absolute Gasteiger partial charge is 0.240 e. The van der Waals surface area contributed by atoms with Crippen molar-refractivity contribution in [3.8, 4) is 0 Å². The Balaban J connectivity index is 1.51. The molecule has 5 aromatic carbocycles. The third kappa shape index (κ3) is 4.79. The van der Waals surface area contributed by atoms with Crippen LogP contribution in [-0.2, 0) is 15.8 Å². The topological polar surface area (TPSA) is 40.6 Å². The number of hydrogen-bond acceptors (Lipinski definition) is 2. The SMILES string of the molecule is C=C1CN(S(=O)c2ccc(C)cc2)[C@@H](c2cccc3ccccc23)[C@@H]1C(=O)N(c1ccccc1)c1ccccc1. The molecule has 40 heavy (non-hydrogen) atoms. The van der Waals surface area contributed by atoms with E-state index in [1.807, 2.05) is 114 Å². The zero-order valence-electron chi connectivity index (χ0n) is 22.3. The molecule has 198 valence electrons. The summed E-state index contributed by atoms with van der Waals surface area (Å²) in [6.45, 7) is 6.76. The third-order valence-electron chi connectivity index (χ3n) is 7.52. The highest BCUT2D eigenvalue weighted by atomic mass is 32.2. The van der Waals surface area contributed by atoms with Crippen molar-refractivity contribution < 1.29 is 9.00 Å².